The molecule has 0 bridgehead atoms. The molecule has 0 aliphatic carbocycles. The predicted molar refractivity (Wildman–Crippen MR) is 252 cm³/mol. The van der Waals surface area contributed by atoms with Gasteiger partial charge in [0, 0.05) is 19.4 Å². The quantitative estimate of drug-likeness (QED) is 0.0265. The Balaban J connectivity index is 3.92. The van der Waals surface area contributed by atoms with Crippen LogP contribution in [0.3, 0.4) is 0 Å². The maximum Gasteiger partial charge on any atom is 0.472 e. The molecule has 2 atom stereocenters. The highest BCUT2D eigenvalue weighted by Crippen LogP contribution is 2.43. The Morgan fingerprint density at radius 1 is 0.500 bits per heavy atom. The predicted octanol–water partition coefficient (Wildman–Crippen LogP) is 15.1. The Labute approximate surface area is 370 Å². The highest BCUT2D eigenvalue weighted by atomic mass is 31.2. The summed E-state index contributed by atoms with van der Waals surface area (Å²) in [6, 6.07) is 0. The molecule has 0 amide bonds. The summed E-state index contributed by atoms with van der Waals surface area (Å²) in [7, 11) is -4.38. The van der Waals surface area contributed by atoms with E-state index in [0.717, 1.165) is 64.2 Å². The summed E-state index contributed by atoms with van der Waals surface area (Å²) in [6.07, 6.45) is 52.4. The Hall–Kier alpha value is -1.51. The van der Waals surface area contributed by atoms with E-state index in [2.05, 4.69) is 38.2 Å². The SMILES string of the molecule is CCC/C=C\C/C=C\CCCCCCCC(=O)OC(COC(=O)CCCCCCCCCCCCCCCCCCCCCCCCCCCC)COP(=O)(O)OCCN. The normalized spacial score (nSPS) is 13.3. The van der Waals surface area contributed by atoms with E-state index in [1.165, 1.54) is 154 Å². The monoisotopic (exact) mass is 870 g/mol. The van der Waals surface area contributed by atoms with E-state index < -0.39 is 26.5 Å². The third-order valence-electron chi connectivity index (χ3n) is 11.1. The van der Waals surface area contributed by atoms with E-state index in [0.29, 0.717) is 6.42 Å². The van der Waals surface area contributed by atoms with Crippen LogP contribution in [0.2, 0.25) is 0 Å². The highest BCUT2D eigenvalue weighted by Gasteiger charge is 2.26. The van der Waals surface area contributed by atoms with Crippen LogP contribution in [0.25, 0.3) is 0 Å². The first-order chi connectivity index (χ1) is 29.3. The molecule has 0 aliphatic rings. The molecule has 0 rings (SSSR count). The lowest BCUT2D eigenvalue weighted by molar-refractivity contribution is -0.161. The molecule has 60 heavy (non-hydrogen) atoms. The van der Waals surface area contributed by atoms with Crippen molar-refractivity contribution >= 4 is 19.8 Å². The van der Waals surface area contributed by atoms with Crippen LogP contribution in [0, 0.1) is 0 Å². The molecule has 0 aromatic heterocycles. The molecule has 354 valence electrons. The van der Waals surface area contributed by atoms with Crippen molar-refractivity contribution in [1.29, 1.82) is 0 Å². The lowest BCUT2D eigenvalue weighted by Crippen LogP contribution is -2.29. The molecule has 0 aliphatic heterocycles. The van der Waals surface area contributed by atoms with Crippen molar-refractivity contribution in [3.8, 4) is 0 Å². The summed E-state index contributed by atoms with van der Waals surface area (Å²) >= 11 is 0. The Bertz CT molecular complexity index is 1040. The molecule has 0 aromatic rings. The minimum Gasteiger partial charge on any atom is -0.462 e. The zero-order valence-corrected chi connectivity index (χ0v) is 40.1. The molecule has 0 heterocycles. The van der Waals surface area contributed by atoms with Crippen molar-refractivity contribution in [2.75, 3.05) is 26.4 Å². The van der Waals surface area contributed by atoms with Gasteiger partial charge in [0.15, 0.2) is 6.10 Å². The standard InChI is InChI=1S/C50H96NO8P/c1-3-5-7-9-11-13-15-17-18-19-20-21-22-23-24-25-26-27-28-29-31-32-34-36-38-40-42-49(52)56-46-48(47-58-60(54,55)57-45-44-51)59-50(53)43-41-39-37-35-33-30-16-14-12-10-8-6-4-2/h8,10,14,16,48H,3-7,9,11-13,15,17-47,51H2,1-2H3,(H,54,55)/b10-8-,16-14-. The molecule has 0 saturated heterocycles. The molecule has 0 saturated carbocycles. The number of esters is 2. The number of ether oxygens (including phenoxy) is 2. The number of unbranched alkanes of at least 4 members (excludes halogenated alkanes) is 31. The first-order valence-corrected chi connectivity index (χ1v) is 26.8. The van der Waals surface area contributed by atoms with Crippen LogP contribution < -0.4 is 5.73 Å². The number of nitrogens with two attached hydrogens (primary N) is 1. The molecular formula is C50H96NO8P. The van der Waals surface area contributed by atoms with Gasteiger partial charge in [-0.2, -0.15) is 0 Å². The summed E-state index contributed by atoms with van der Waals surface area (Å²) in [6.45, 7) is 3.69. The average molecular weight is 870 g/mol. The molecule has 3 N–H and O–H groups in total. The molecule has 2 unspecified atom stereocenters. The van der Waals surface area contributed by atoms with Gasteiger partial charge in [0.05, 0.1) is 13.2 Å². The van der Waals surface area contributed by atoms with Gasteiger partial charge in [0.1, 0.15) is 6.61 Å². The molecule has 0 radical (unpaired) electrons. The van der Waals surface area contributed by atoms with Gasteiger partial charge in [-0.1, -0.05) is 224 Å². The second-order valence-corrected chi connectivity index (χ2v) is 18.5. The fourth-order valence-corrected chi connectivity index (χ4v) is 8.09. The van der Waals surface area contributed by atoms with E-state index in [1.54, 1.807) is 0 Å². The smallest absolute Gasteiger partial charge is 0.462 e. The van der Waals surface area contributed by atoms with Crippen molar-refractivity contribution in [3.63, 3.8) is 0 Å². The first kappa shape index (κ1) is 58.5. The second-order valence-electron chi connectivity index (χ2n) is 17.0. The number of phosphoric acid groups is 1. The van der Waals surface area contributed by atoms with Gasteiger partial charge in [-0.15, -0.1) is 0 Å². The van der Waals surface area contributed by atoms with E-state index in [-0.39, 0.29) is 38.6 Å². The molecule has 10 heteroatoms. The van der Waals surface area contributed by atoms with Gasteiger partial charge in [-0.05, 0) is 38.5 Å². The number of hydrogen-bond acceptors (Lipinski definition) is 8. The topological polar surface area (TPSA) is 134 Å². The van der Waals surface area contributed by atoms with Crippen LogP contribution in [0.15, 0.2) is 24.3 Å². The summed E-state index contributed by atoms with van der Waals surface area (Å²) < 4.78 is 32.8. The lowest BCUT2D eigenvalue weighted by Gasteiger charge is -2.19. The third kappa shape index (κ3) is 46.0. The zero-order chi connectivity index (χ0) is 43.9. The minimum absolute atomic E-state index is 0.0526. The van der Waals surface area contributed by atoms with Crippen molar-refractivity contribution in [3.05, 3.63) is 24.3 Å². The lowest BCUT2D eigenvalue weighted by atomic mass is 10.0. The van der Waals surface area contributed by atoms with Crippen LogP contribution in [0.5, 0.6) is 0 Å². The van der Waals surface area contributed by atoms with Crippen LogP contribution in [-0.2, 0) is 32.7 Å². The third-order valence-corrected chi connectivity index (χ3v) is 12.1. The van der Waals surface area contributed by atoms with Crippen molar-refractivity contribution in [1.82, 2.24) is 0 Å². The number of rotatable bonds is 48. The molecule has 9 nitrogen and oxygen atoms in total. The maximum atomic E-state index is 12.6. The van der Waals surface area contributed by atoms with E-state index in [4.69, 9.17) is 24.3 Å². The molecule has 0 fully saturated rings. The van der Waals surface area contributed by atoms with Crippen molar-refractivity contribution in [2.24, 2.45) is 5.73 Å². The van der Waals surface area contributed by atoms with Crippen LogP contribution in [0.4, 0.5) is 0 Å². The Morgan fingerprint density at radius 3 is 1.33 bits per heavy atom. The summed E-state index contributed by atoms with van der Waals surface area (Å²) in [4.78, 5) is 34.9. The van der Waals surface area contributed by atoms with Crippen LogP contribution >= 0.6 is 7.82 Å². The van der Waals surface area contributed by atoms with Gasteiger partial charge < -0.3 is 20.1 Å². The zero-order valence-electron chi connectivity index (χ0n) is 39.2. The van der Waals surface area contributed by atoms with Crippen LogP contribution in [-0.4, -0.2) is 49.3 Å². The summed E-state index contributed by atoms with van der Waals surface area (Å²) in [5.74, 6) is -0.834. The van der Waals surface area contributed by atoms with Crippen LogP contribution in [0.1, 0.15) is 251 Å². The van der Waals surface area contributed by atoms with Crippen molar-refractivity contribution in [2.45, 2.75) is 258 Å². The average Bonchev–Trinajstić information content (AvgIpc) is 3.24. The van der Waals surface area contributed by atoms with E-state index >= 15 is 0 Å². The second kappa shape index (κ2) is 47.0. The maximum absolute atomic E-state index is 12.6. The highest BCUT2D eigenvalue weighted by molar-refractivity contribution is 7.47. The van der Waals surface area contributed by atoms with Gasteiger partial charge in [-0.3, -0.25) is 18.6 Å². The molecule has 0 spiro atoms. The number of carbonyl (C=O) groups is 2. The fraction of sp³-hybridized carbons (Fsp3) is 0.880. The van der Waals surface area contributed by atoms with Crippen molar-refractivity contribution < 1.29 is 37.6 Å². The first-order valence-electron chi connectivity index (χ1n) is 25.3. The Kier molecular flexibility index (Phi) is 45.8. The van der Waals surface area contributed by atoms with Gasteiger partial charge in [0.2, 0.25) is 0 Å². The minimum atomic E-state index is -4.38. The number of hydrogen-bond donors (Lipinski definition) is 2. The van der Waals surface area contributed by atoms with Gasteiger partial charge >= 0.3 is 19.8 Å². The number of phosphoric ester groups is 1. The summed E-state index contributed by atoms with van der Waals surface area (Å²) in [5.41, 5.74) is 5.36. The summed E-state index contributed by atoms with van der Waals surface area (Å²) in [5, 5.41) is 0. The van der Waals surface area contributed by atoms with E-state index in [9.17, 15) is 19.0 Å². The molecular weight excluding hydrogens is 774 g/mol. The number of carbonyl (C=O) groups excluding carboxylic acids is 2. The van der Waals surface area contributed by atoms with Gasteiger partial charge in [-0.25, -0.2) is 4.57 Å². The fourth-order valence-electron chi connectivity index (χ4n) is 7.32. The number of allylic oxidation sites excluding steroid dienone is 4. The van der Waals surface area contributed by atoms with E-state index in [1.807, 2.05) is 0 Å². The Morgan fingerprint density at radius 2 is 0.900 bits per heavy atom. The largest absolute Gasteiger partial charge is 0.472 e. The molecule has 0 aromatic carbocycles. The van der Waals surface area contributed by atoms with Gasteiger partial charge in [0.25, 0.3) is 0 Å².